The number of carboxylic acids is 1. The highest BCUT2D eigenvalue weighted by Crippen LogP contribution is 2.20. The van der Waals surface area contributed by atoms with E-state index in [4.69, 9.17) is 5.11 Å². The van der Waals surface area contributed by atoms with Gasteiger partial charge in [0.1, 0.15) is 0 Å². The molecule has 0 spiro atoms. The summed E-state index contributed by atoms with van der Waals surface area (Å²) in [5.74, 6) is -0.954. The van der Waals surface area contributed by atoms with Crippen LogP contribution in [0.3, 0.4) is 0 Å². The lowest BCUT2D eigenvalue weighted by atomic mass is 10.1. The van der Waals surface area contributed by atoms with Gasteiger partial charge in [0.05, 0.1) is 12.1 Å². The van der Waals surface area contributed by atoms with Crippen LogP contribution in [0.4, 0.5) is 10.5 Å². The van der Waals surface area contributed by atoms with Gasteiger partial charge >= 0.3 is 12.0 Å². The largest absolute Gasteiger partial charge is 0.478 e. The summed E-state index contributed by atoms with van der Waals surface area (Å²) in [6.07, 6.45) is 0.737. The van der Waals surface area contributed by atoms with Gasteiger partial charge in [-0.2, -0.15) is 0 Å². The quantitative estimate of drug-likeness (QED) is 0.863. The summed E-state index contributed by atoms with van der Waals surface area (Å²) in [6, 6.07) is 15.8. The molecule has 1 saturated heterocycles. The molecule has 152 valence electrons. The van der Waals surface area contributed by atoms with Crippen LogP contribution < -0.4 is 4.90 Å². The van der Waals surface area contributed by atoms with Crippen LogP contribution in [0.5, 0.6) is 0 Å². The highest BCUT2D eigenvalue weighted by Gasteiger charge is 2.25. The van der Waals surface area contributed by atoms with Crippen molar-refractivity contribution in [3.63, 3.8) is 0 Å². The molecular weight excluding hydrogens is 370 g/mol. The van der Waals surface area contributed by atoms with Gasteiger partial charge in [0, 0.05) is 38.8 Å². The molecule has 7 nitrogen and oxygen atoms in total. The molecule has 0 bridgehead atoms. The summed E-state index contributed by atoms with van der Waals surface area (Å²) < 4.78 is 0. The fraction of sp³-hybridized carbons (Fsp3) is 0.318. The van der Waals surface area contributed by atoms with E-state index in [1.54, 1.807) is 45.9 Å². The Labute approximate surface area is 170 Å². The van der Waals surface area contributed by atoms with Crippen LogP contribution >= 0.6 is 0 Å². The first kappa shape index (κ1) is 20.4. The van der Waals surface area contributed by atoms with E-state index in [0.29, 0.717) is 32.7 Å². The summed E-state index contributed by atoms with van der Waals surface area (Å²) in [5, 5.41) is 9.08. The Hall–Kier alpha value is -3.35. The maximum Gasteiger partial charge on any atom is 0.335 e. The number of carbonyl (C=O) groups excluding carboxylic acids is 2. The van der Waals surface area contributed by atoms with Crippen molar-refractivity contribution < 1.29 is 19.5 Å². The first-order valence-corrected chi connectivity index (χ1v) is 9.65. The number of anilines is 1. The van der Waals surface area contributed by atoms with Gasteiger partial charge in [-0.05, 0) is 36.2 Å². The molecular formula is C22H25N3O4. The smallest absolute Gasteiger partial charge is 0.335 e. The third-order valence-electron chi connectivity index (χ3n) is 5.05. The zero-order valence-corrected chi connectivity index (χ0v) is 16.5. The van der Waals surface area contributed by atoms with Crippen molar-refractivity contribution >= 4 is 23.6 Å². The average molecular weight is 395 g/mol. The molecule has 1 fully saturated rings. The molecule has 0 radical (unpaired) electrons. The molecule has 2 aromatic carbocycles. The van der Waals surface area contributed by atoms with Gasteiger partial charge in [-0.25, -0.2) is 9.59 Å². The van der Waals surface area contributed by atoms with Crippen molar-refractivity contribution in [2.75, 3.05) is 31.1 Å². The number of benzene rings is 2. The van der Waals surface area contributed by atoms with Crippen LogP contribution in [-0.2, 0) is 11.3 Å². The summed E-state index contributed by atoms with van der Waals surface area (Å²) in [6.45, 7) is 4.13. The Morgan fingerprint density at radius 3 is 2.14 bits per heavy atom. The number of hydrogen-bond donors (Lipinski definition) is 1. The maximum absolute atomic E-state index is 13.4. The van der Waals surface area contributed by atoms with Crippen LogP contribution in [0.1, 0.15) is 29.3 Å². The predicted octanol–water partition coefficient (Wildman–Crippen LogP) is 3.07. The molecule has 0 aromatic heterocycles. The molecule has 1 aliphatic heterocycles. The fourth-order valence-electron chi connectivity index (χ4n) is 3.41. The van der Waals surface area contributed by atoms with Gasteiger partial charge in [0.15, 0.2) is 0 Å². The van der Waals surface area contributed by atoms with Crippen molar-refractivity contribution in [2.24, 2.45) is 0 Å². The topological polar surface area (TPSA) is 81.2 Å². The van der Waals surface area contributed by atoms with Gasteiger partial charge in [0.25, 0.3) is 0 Å². The second kappa shape index (κ2) is 9.23. The van der Waals surface area contributed by atoms with E-state index >= 15 is 0 Å². The van der Waals surface area contributed by atoms with Crippen LogP contribution in [0, 0.1) is 0 Å². The Morgan fingerprint density at radius 1 is 0.897 bits per heavy atom. The van der Waals surface area contributed by atoms with E-state index < -0.39 is 5.97 Å². The van der Waals surface area contributed by atoms with E-state index in [9.17, 15) is 14.4 Å². The normalized spacial score (nSPS) is 14.2. The van der Waals surface area contributed by atoms with Gasteiger partial charge in [-0.3, -0.25) is 9.69 Å². The van der Waals surface area contributed by atoms with Gasteiger partial charge in [-0.15, -0.1) is 0 Å². The molecule has 1 N–H and O–H groups in total. The number of hydrogen-bond acceptors (Lipinski definition) is 3. The predicted molar refractivity (Wildman–Crippen MR) is 110 cm³/mol. The second-order valence-corrected chi connectivity index (χ2v) is 7.05. The Morgan fingerprint density at radius 2 is 1.52 bits per heavy atom. The maximum atomic E-state index is 13.4. The van der Waals surface area contributed by atoms with Crippen molar-refractivity contribution in [2.45, 2.75) is 19.9 Å². The Kier molecular flexibility index (Phi) is 6.49. The molecule has 7 heteroatoms. The summed E-state index contributed by atoms with van der Waals surface area (Å²) in [4.78, 5) is 41.4. The highest BCUT2D eigenvalue weighted by molar-refractivity contribution is 5.92. The van der Waals surface area contributed by atoms with Crippen molar-refractivity contribution in [1.82, 2.24) is 9.80 Å². The number of para-hydroxylation sites is 1. The first-order chi connectivity index (χ1) is 14.0. The molecule has 3 rings (SSSR count). The number of carboxylic acid groups (broad SMARTS) is 1. The molecule has 3 amide bonds. The number of urea groups is 1. The van der Waals surface area contributed by atoms with Gasteiger partial charge in [0.2, 0.25) is 5.91 Å². The Bertz CT molecular complexity index is 867. The lowest BCUT2D eigenvalue weighted by Crippen LogP contribution is -2.45. The van der Waals surface area contributed by atoms with Crippen molar-refractivity contribution in [1.29, 1.82) is 0 Å². The molecule has 0 saturated carbocycles. The van der Waals surface area contributed by atoms with Crippen LogP contribution in [0.25, 0.3) is 0 Å². The van der Waals surface area contributed by atoms with E-state index in [2.05, 4.69) is 0 Å². The third-order valence-corrected chi connectivity index (χ3v) is 5.05. The van der Waals surface area contributed by atoms with E-state index in [1.807, 2.05) is 30.3 Å². The van der Waals surface area contributed by atoms with Crippen molar-refractivity contribution in [3.05, 3.63) is 65.7 Å². The standard InChI is InChI=1S/C22H25N3O4/c1-17(26)23-12-5-13-24(15-14-23)22(29)25(20-6-3-2-4-7-20)16-18-8-10-19(11-9-18)21(27)28/h2-4,6-11H,5,12-16H2,1H3,(H,27,28). The zero-order valence-electron chi connectivity index (χ0n) is 16.5. The van der Waals surface area contributed by atoms with Crippen LogP contribution in [-0.4, -0.2) is 59.0 Å². The Balaban J connectivity index is 1.81. The molecule has 1 heterocycles. The number of nitrogens with zero attached hydrogens (tertiary/aromatic N) is 3. The molecule has 2 aromatic rings. The monoisotopic (exact) mass is 395 g/mol. The van der Waals surface area contributed by atoms with Gasteiger partial charge < -0.3 is 14.9 Å². The average Bonchev–Trinajstić information content (AvgIpc) is 2.99. The summed E-state index contributed by atoms with van der Waals surface area (Å²) in [5.41, 5.74) is 1.82. The highest BCUT2D eigenvalue weighted by atomic mass is 16.4. The lowest BCUT2D eigenvalue weighted by molar-refractivity contribution is -0.128. The molecule has 1 aliphatic rings. The molecule has 0 aliphatic carbocycles. The molecule has 29 heavy (non-hydrogen) atoms. The minimum absolute atomic E-state index is 0.0257. The van der Waals surface area contributed by atoms with E-state index in [1.165, 1.54) is 0 Å². The lowest BCUT2D eigenvalue weighted by Gasteiger charge is -2.30. The number of amides is 3. The second-order valence-electron chi connectivity index (χ2n) is 7.05. The number of aromatic carboxylic acids is 1. The minimum Gasteiger partial charge on any atom is -0.478 e. The summed E-state index contributed by atoms with van der Waals surface area (Å²) in [7, 11) is 0. The van der Waals surface area contributed by atoms with Crippen LogP contribution in [0.2, 0.25) is 0 Å². The number of rotatable bonds is 4. The third kappa shape index (κ3) is 5.13. The van der Waals surface area contributed by atoms with Gasteiger partial charge in [-0.1, -0.05) is 30.3 Å². The summed E-state index contributed by atoms with van der Waals surface area (Å²) >= 11 is 0. The zero-order chi connectivity index (χ0) is 20.8. The van der Waals surface area contributed by atoms with E-state index in [0.717, 1.165) is 17.7 Å². The van der Waals surface area contributed by atoms with Crippen LogP contribution in [0.15, 0.2) is 54.6 Å². The number of carbonyl (C=O) groups is 3. The first-order valence-electron chi connectivity index (χ1n) is 9.65. The molecule has 0 unspecified atom stereocenters. The van der Waals surface area contributed by atoms with Crippen molar-refractivity contribution in [3.8, 4) is 0 Å². The molecule has 0 atom stereocenters. The fourth-order valence-corrected chi connectivity index (χ4v) is 3.41. The SMILES string of the molecule is CC(=O)N1CCCN(C(=O)N(Cc2ccc(C(=O)O)cc2)c2ccccc2)CC1. The van der Waals surface area contributed by atoms with E-state index in [-0.39, 0.29) is 17.5 Å². The minimum atomic E-state index is -0.980.